The Bertz CT molecular complexity index is 211. The number of hydrogen-bond acceptors (Lipinski definition) is 2. The van der Waals surface area contributed by atoms with Gasteiger partial charge in [-0.15, -0.1) is 0 Å². The predicted molar refractivity (Wildman–Crippen MR) is 67.4 cm³/mol. The van der Waals surface area contributed by atoms with E-state index in [1.165, 1.54) is 12.8 Å². The Labute approximate surface area is 108 Å². The van der Waals surface area contributed by atoms with Crippen LogP contribution in [0.5, 0.6) is 0 Å². The number of halogens is 3. The molecule has 18 heavy (non-hydrogen) atoms. The molecule has 5 heteroatoms. The van der Waals surface area contributed by atoms with E-state index >= 15 is 0 Å². The van der Waals surface area contributed by atoms with E-state index < -0.39 is 12.6 Å². The van der Waals surface area contributed by atoms with E-state index in [1.54, 1.807) is 0 Å². The molecular weight excluding hydrogens is 241 g/mol. The van der Waals surface area contributed by atoms with Gasteiger partial charge < -0.3 is 10.6 Å². The Hall–Kier alpha value is -0.290. The second-order valence-electron chi connectivity index (χ2n) is 5.19. The summed E-state index contributed by atoms with van der Waals surface area (Å²) in [5.41, 5.74) is 5.47. The first kappa shape index (κ1) is 15.8. The van der Waals surface area contributed by atoms with E-state index in [4.69, 9.17) is 5.73 Å². The first-order valence-electron chi connectivity index (χ1n) is 7.04. The van der Waals surface area contributed by atoms with Crippen LogP contribution in [0, 0.1) is 0 Å². The SMILES string of the molecule is NCCCN(CCC(F)(F)F)C1CCCCCC1. The van der Waals surface area contributed by atoms with Crippen LogP contribution in [-0.4, -0.2) is 36.8 Å². The Balaban J connectivity index is 2.46. The van der Waals surface area contributed by atoms with Crippen LogP contribution in [0.15, 0.2) is 0 Å². The number of rotatable bonds is 6. The second-order valence-corrected chi connectivity index (χ2v) is 5.19. The maximum atomic E-state index is 12.3. The van der Waals surface area contributed by atoms with E-state index in [0.29, 0.717) is 19.1 Å². The molecule has 0 amide bonds. The van der Waals surface area contributed by atoms with Crippen LogP contribution >= 0.6 is 0 Å². The number of hydrogen-bond donors (Lipinski definition) is 1. The Kier molecular flexibility index (Phi) is 7.00. The van der Waals surface area contributed by atoms with Crippen LogP contribution in [0.1, 0.15) is 51.4 Å². The molecule has 1 aliphatic rings. The van der Waals surface area contributed by atoms with Crippen LogP contribution in [0.25, 0.3) is 0 Å². The quantitative estimate of drug-likeness (QED) is 0.747. The molecule has 0 aromatic carbocycles. The minimum absolute atomic E-state index is 0.133. The van der Waals surface area contributed by atoms with Crippen LogP contribution in [0.3, 0.4) is 0 Å². The van der Waals surface area contributed by atoms with Gasteiger partial charge in [-0.05, 0) is 32.4 Å². The molecule has 2 N–H and O–H groups in total. The van der Waals surface area contributed by atoms with E-state index in [-0.39, 0.29) is 6.54 Å². The van der Waals surface area contributed by atoms with Gasteiger partial charge in [-0.2, -0.15) is 13.2 Å². The van der Waals surface area contributed by atoms with E-state index in [9.17, 15) is 13.2 Å². The topological polar surface area (TPSA) is 29.3 Å². The molecule has 0 saturated heterocycles. The fourth-order valence-corrected chi connectivity index (χ4v) is 2.66. The average Bonchev–Trinajstić information content (AvgIpc) is 2.56. The summed E-state index contributed by atoms with van der Waals surface area (Å²) in [5, 5.41) is 0. The van der Waals surface area contributed by atoms with Crippen molar-refractivity contribution in [1.82, 2.24) is 4.90 Å². The molecule has 2 nitrogen and oxygen atoms in total. The number of nitrogens with two attached hydrogens (primary N) is 1. The molecule has 1 rings (SSSR count). The normalized spacial score (nSPS) is 19.2. The summed E-state index contributed by atoms with van der Waals surface area (Å²) in [6.07, 6.45) is 2.87. The summed E-state index contributed by atoms with van der Waals surface area (Å²) < 4.78 is 37.0. The van der Waals surface area contributed by atoms with Gasteiger partial charge in [-0.1, -0.05) is 25.7 Å². The second kappa shape index (κ2) is 8.00. The number of alkyl halides is 3. The minimum atomic E-state index is -4.05. The summed E-state index contributed by atoms with van der Waals surface area (Å²) in [7, 11) is 0. The fraction of sp³-hybridized carbons (Fsp3) is 1.00. The Morgan fingerprint density at radius 2 is 1.61 bits per heavy atom. The molecular formula is C13H25F3N2. The summed E-state index contributed by atoms with van der Waals surface area (Å²) in [5.74, 6) is 0. The highest BCUT2D eigenvalue weighted by atomic mass is 19.4. The molecule has 0 bridgehead atoms. The highest BCUT2D eigenvalue weighted by molar-refractivity contribution is 4.75. The third-order valence-corrected chi connectivity index (χ3v) is 3.67. The van der Waals surface area contributed by atoms with Gasteiger partial charge in [-0.3, -0.25) is 0 Å². The molecule has 1 fully saturated rings. The molecule has 0 heterocycles. The standard InChI is InChI=1S/C13H25F3N2/c14-13(15,16)8-11-18(10-5-9-17)12-6-3-1-2-4-7-12/h12H,1-11,17H2. The zero-order chi connectivity index (χ0) is 13.4. The van der Waals surface area contributed by atoms with Gasteiger partial charge in [0.05, 0.1) is 6.42 Å². The average molecular weight is 266 g/mol. The summed E-state index contributed by atoms with van der Waals surface area (Å²) in [4.78, 5) is 2.02. The highest BCUT2D eigenvalue weighted by Gasteiger charge is 2.29. The maximum Gasteiger partial charge on any atom is 0.390 e. The van der Waals surface area contributed by atoms with Crippen LogP contribution in [-0.2, 0) is 0 Å². The minimum Gasteiger partial charge on any atom is -0.330 e. The molecule has 0 spiro atoms. The smallest absolute Gasteiger partial charge is 0.330 e. The van der Waals surface area contributed by atoms with Crippen LogP contribution in [0.4, 0.5) is 13.2 Å². The van der Waals surface area contributed by atoms with Gasteiger partial charge in [0.15, 0.2) is 0 Å². The predicted octanol–water partition coefficient (Wildman–Crippen LogP) is 3.31. The van der Waals surface area contributed by atoms with E-state index in [0.717, 1.165) is 32.1 Å². The molecule has 108 valence electrons. The molecule has 1 saturated carbocycles. The van der Waals surface area contributed by atoms with Crippen LogP contribution < -0.4 is 5.73 Å². The monoisotopic (exact) mass is 266 g/mol. The van der Waals surface area contributed by atoms with Gasteiger partial charge in [-0.25, -0.2) is 0 Å². The van der Waals surface area contributed by atoms with E-state index in [2.05, 4.69) is 0 Å². The zero-order valence-electron chi connectivity index (χ0n) is 11.0. The molecule has 0 unspecified atom stereocenters. The summed E-state index contributed by atoms with van der Waals surface area (Å²) in [6.45, 7) is 1.39. The van der Waals surface area contributed by atoms with Crippen molar-refractivity contribution in [3.05, 3.63) is 0 Å². The van der Waals surface area contributed by atoms with Gasteiger partial charge >= 0.3 is 6.18 Å². The highest BCUT2D eigenvalue weighted by Crippen LogP contribution is 2.25. The van der Waals surface area contributed by atoms with Crippen molar-refractivity contribution in [2.75, 3.05) is 19.6 Å². The largest absolute Gasteiger partial charge is 0.390 e. The van der Waals surface area contributed by atoms with Gasteiger partial charge in [0.25, 0.3) is 0 Å². The maximum absolute atomic E-state index is 12.3. The molecule has 0 radical (unpaired) electrons. The van der Waals surface area contributed by atoms with Gasteiger partial charge in [0.1, 0.15) is 0 Å². The van der Waals surface area contributed by atoms with Crippen LogP contribution in [0.2, 0.25) is 0 Å². The Morgan fingerprint density at radius 1 is 1.00 bits per heavy atom. The first-order chi connectivity index (χ1) is 8.53. The van der Waals surface area contributed by atoms with Crippen molar-refractivity contribution in [1.29, 1.82) is 0 Å². The third-order valence-electron chi connectivity index (χ3n) is 3.67. The van der Waals surface area contributed by atoms with Gasteiger partial charge in [0, 0.05) is 12.6 Å². The molecule has 1 aliphatic carbocycles. The lowest BCUT2D eigenvalue weighted by molar-refractivity contribution is -0.139. The zero-order valence-corrected chi connectivity index (χ0v) is 11.0. The van der Waals surface area contributed by atoms with Crippen molar-refractivity contribution in [3.8, 4) is 0 Å². The lowest BCUT2D eigenvalue weighted by Gasteiger charge is -2.31. The van der Waals surface area contributed by atoms with Crippen molar-refractivity contribution in [2.45, 2.75) is 63.6 Å². The van der Waals surface area contributed by atoms with Crippen molar-refractivity contribution in [3.63, 3.8) is 0 Å². The molecule has 0 atom stereocenters. The van der Waals surface area contributed by atoms with Crippen molar-refractivity contribution < 1.29 is 13.2 Å². The van der Waals surface area contributed by atoms with Crippen molar-refractivity contribution >= 4 is 0 Å². The third kappa shape index (κ3) is 6.59. The fourth-order valence-electron chi connectivity index (χ4n) is 2.66. The first-order valence-corrected chi connectivity index (χ1v) is 7.04. The summed E-state index contributed by atoms with van der Waals surface area (Å²) in [6, 6.07) is 0.335. The molecule has 0 aromatic heterocycles. The number of nitrogens with zero attached hydrogens (tertiary/aromatic N) is 1. The van der Waals surface area contributed by atoms with Gasteiger partial charge in [0.2, 0.25) is 0 Å². The molecule has 0 aromatic rings. The lowest BCUT2D eigenvalue weighted by atomic mass is 10.1. The molecule has 0 aliphatic heterocycles. The Morgan fingerprint density at radius 3 is 2.11 bits per heavy atom. The van der Waals surface area contributed by atoms with Crippen molar-refractivity contribution in [2.24, 2.45) is 5.73 Å². The lowest BCUT2D eigenvalue weighted by Crippen LogP contribution is -2.38. The van der Waals surface area contributed by atoms with E-state index in [1.807, 2.05) is 4.90 Å². The summed E-state index contributed by atoms with van der Waals surface area (Å²) >= 11 is 0.